The number of aliphatic carboxylic acids is 1. The molecule has 5 nitrogen and oxygen atoms in total. The zero-order chi connectivity index (χ0) is 13.4. The van der Waals surface area contributed by atoms with Crippen LogP contribution in [0.2, 0.25) is 0 Å². The molecule has 0 radical (unpaired) electrons. The van der Waals surface area contributed by atoms with Crippen molar-refractivity contribution in [2.75, 3.05) is 32.1 Å². The van der Waals surface area contributed by atoms with Crippen LogP contribution in [-0.2, 0) is 4.79 Å². The molecular formula is C11H20N2O3S. The zero-order valence-corrected chi connectivity index (χ0v) is 11.4. The fourth-order valence-electron chi connectivity index (χ4n) is 1.29. The number of urea groups is 1. The van der Waals surface area contributed by atoms with Gasteiger partial charge in [0.25, 0.3) is 0 Å². The Kier molecular flexibility index (Phi) is 7.45. The molecule has 0 fully saturated rings. The predicted molar refractivity (Wildman–Crippen MR) is 70.4 cm³/mol. The minimum atomic E-state index is -1.02. The van der Waals surface area contributed by atoms with Gasteiger partial charge in [0.15, 0.2) is 0 Å². The number of amides is 2. The van der Waals surface area contributed by atoms with E-state index >= 15 is 0 Å². The molecule has 0 aromatic rings. The van der Waals surface area contributed by atoms with Crippen molar-refractivity contribution in [3.8, 4) is 0 Å². The first-order valence-electron chi connectivity index (χ1n) is 5.27. The van der Waals surface area contributed by atoms with E-state index in [2.05, 4.69) is 6.58 Å². The lowest BCUT2D eigenvalue weighted by atomic mass is 10.3. The standard InChI is InChI=1S/C11H20N2O3S/c1-5-6-13(7-10(14)15)11(16)12(3)9(2)8-17-4/h5,9H,1,6-8H2,2-4H3,(H,14,15). The molecule has 6 heteroatoms. The summed E-state index contributed by atoms with van der Waals surface area (Å²) in [5.41, 5.74) is 0. The Morgan fingerprint density at radius 1 is 1.53 bits per heavy atom. The van der Waals surface area contributed by atoms with E-state index in [1.54, 1.807) is 23.7 Å². The summed E-state index contributed by atoms with van der Waals surface area (Å²) in [7, 11) is 1.68. The largest absolute Gasteiger partial charge is 0.480 e. The summed E-state index contributed by atoms with van der Waals surface area (Å²) >= 11 is 1.65. The molecule has 0 saturated heterocycles. The number of carboxylic acid groups (broad SMARTS) is 1. The molecule has 0 aliphatic heterocycles. The quantitative estimate of drug-likeness (QED) is 0.702. The summed E-state index contributed by atoms with van der Waals surface area (Å²) in [5.74, 6) is -0.205. The van der Waals surface area contributed by atoms with Crippen molar-refractivity contribution < 1.29 is 14.7 Å². The molecule has 1 atom stereocenters. The number of carbonyl (C=O) groups is 2. The normalized spacial score (nSPS) is 11.7. The predicted octanol–water partition coefficient (Wildman–Crippen LogP) is 1.36. The van der Waals surface area contributed by atoms with Gasteiger partial charge in [-0.3, -0.25) is 4.79 Å². The zero-order valence-electron chi connectivity index (χ0n) is 10.5. The average molecular weight is 260 g/mol. The van der Waals surface area contributed by atoms with E-state index in [1.807, 2.05) is 13.2 Å². The molecule has 0 rings (SSSR count). The van der Waals surface area contributed by atoms with Crippen molar-refractivity contribution in [1.29, 1.82) is 0 Å². The molecule has 0 heterocycles. The summed E-state index contributed by atoms with van der Waals surface area (Å²) in [4.78, 5) is 25.5. The highest BCUT2D eigenvalue weighted by atomic mass is 32.2. The van der Waals surface area contributed by atoms with E-state index in [9.17, 15) is 9.59 Å². The van der Waals surface area contributed by atoms with Crippen LogP contribution >= 0.6 is 11.8 Å². The Morgan fingerprint density at radius 3 is 2.53 bits per heavy atom. The van der Waals surface area contributed by atoms with Crippen LogP contribution in [-0.4, -0.2) is 65.1 Å². The number of rotatable bonds is 7. The second-order valence-corrected chi connectivity index (χ2v) is 4.67. The molecule has 0 bridgehead atoms. The Bertz CT molecular complexity index is 284. The lowest BCUT2D eigenvalue weighted by molar-refractivity contribution is -0.137. The van der Waals surface area contributed by atoms with Gasteiger partial charge in [-0.1, -0.05) is 6.08 Å². The second-order valence-electron chi connectivity index (χ2n) is 3.76. The van der Waals surface area contributed by atoms with E-state index in [0.29, 0.717) is 0 Å². The van der Waals surface area contributed by atoms with Crippen LogP contribution < -0.4 is 0 Å². The molecule has 0 aromatic carbocycles. The summed E-state index contributed by atoms with van der Waals surface area (Å²) in [6.45, 7) is 5.39. The van der Waals surface area contributed by atoms with Crippen LogP contribution in [0, 0.1) is 0 Å². The highest BCUT2D eigenvalue weighted by molar-refractivity contribution is 7.98. The van der Waals surface area contributed by atoms with Crippen LogP contribution in [0.1, 0.15) is 6.92 Å². The van der Waals surface area contributed by atoms with Gasteiger partial charge in [0.1, 0.15) is 6.54 Å². The second kappa shape index (κ2) is 8.00. The summed E-state index contributed by atoms with van der Waals surface area (Å²) in [6, 6.07) is -0.215. The van der Waals surface area contributed by atoms with E-state index in [-0.39, 0.29) is 25.2 Å². The number of thioether (sulfide) groups is 1. The maximum atomic E-state index is 12.0. The Hall–Kier alpha value is -1.17. The molecular weight excluding hydrogens is 240 g/mol. The van der Waals surface area contributed by atoms with Crippen molar-refractivity contribution in [3.05, 3.63) is 12.7 Å². The highest BCUT2D eigenvalue weighted by Crippen LogP contribution is 2.07. The third kappa shape index (κ3) is 5.63. The first-order chi connectivity index (χ1) is 7.93. The van der Waals surface area contributed by atoms with Crippen molar-refractivity contribution >= 4 is 23.8 Å². The fourth-order valence-corrected chi connectivity index (χ4v) is 2.00. The van der Waals surface area contributed by atoms with Gasteiger partial charge >= 0.3 is 12.0 Å². The Morgan fingerprint density at radius 2 is 2.12 bits per heavy atom. The lowest BCUT2D eigenvalue weighted by Gasteiger charge is -2.30. The highest BCUT2D eigenvalue weighted by Gasteiger charge is 2.22. The van der Waals surface area contributed by atoms with Crippen LogP contribution in [0.5, 0.6) is 0 Å². The first kappa shape index (κ1) is 15.8. The molecule has 0 saturated carbocycles. The molecule has 1 N–H and O–H groups in total. The van der Waals surface area contributed by atoms with Gasteiger partial charge in [0.2, 0.25) is 0 Å². The van der Waals surface area contributed by atoms with Crippen molar-refractivity contribution in [1.82, 2.24) is 9.80 Å². The minimum Gasteiger partial charge on any atom is -0.480 e. The molecule has 17 heavy (non-hydrogen) atoms. The van der Waals surface area contributed by atoms with Crippen LogP contribution in [0.3, 0.4) is 0 Å². The fraction of sp³-hybridized carbons (Fsp3) is 0.636. The van der Waals surface area contributed by atoms with Crippen LogP contribution in [0.25, 0.3) is 0 Å². The number of nitrogens with zero attached hydrogens (tertiary/aromatic N) is 2. The van der Waals surface area contributed by atoms with Gasteiger partial charge in [0, 0.05) is 25.4 Å². The van der Waals surface area contributed by atoms with Crippen molar-refractivity contribution in [2.24, 2.45) is 0 Å². The molecule has 98 valence electrons. The monoisotopic (exact) mass is 260 g/mol. The van der Waals surface area contributed by atoms with E-state index < -0.39 is 5.97 Å². The van der Waals surface area contributed by atoms with Crippen molar-refractivity contribution in [2.45, 2.75) is 13.0 Å². The topological polar surface area (TPSA) is 60.9 Å². The molecule has 0 aliphatic rings. The third-order valence-electron chi connectivity index (χ3n) is 2.32. The summed E-state index contributed by atoms with van der Waals surface area (Å²) in [6.07, 6.45) is 3.49. The maximum absolute atomic E-state index is 12.0. The molecule has 2 amide bonds. The number of carboxylic acids is 1. The van der Waals surface area contributed by atoms with E-state index in [0.717, 1.165) is 5.75 Å². The third-order valence-corrected chi connectivity index (χ3v) is 3.13. The molecule has 0 aliphatic carbocycles. The van der Waals surface area contributed by atoms with Gasteiger partial charge in [-0.15, -0.1) is 6.58 Å². The van der Waals surface area contributed by atoms with Crippen LogP contribution in [0.15, 0.2) is 12.7 Å². The minimum absolute atomic E-state index is 0.0682. The van der Waals surface area contributed by atoms with E-state index in [1.165, 1.54) is 11.0 Å². The van der Waals surface area contributed by atoms with Crippen molar-refractivity contribution in [3.63, 3.8) is 0 Å². The number of hydrogen-bond acceptors (Lipinski definition) is 3. The van der Waals surface area contributed by atoms with Gasteiger partial charge in [-0.05, 0) is 13.2 Å². The molecule has 0 spiro atoms. The lowest BCUT2D eigenvalue weighted by Crippen LogP contribution is -2.47. The summed E-state index contributed by atoms with van der Waals surface area (Å²) in [5, 5.41) is 8.73. The number of carbonyl (C=O) groups excluding carboxylic acids is 1. The Labute approximate surface area is 106 Å². The molecule has 1 unspecified atom stereocenters. The smallest absolute Gasteiger partial charge is 0.323 e. The van der Waals surface area contributed by atoms with Crippen LogP contribution in [0.4, 0.5) is 4.79 Å². The SMILES string of the molecule is C=CCN(CC(=O)O)C(=O)N(C)C(C)CSC. The van der Waals surface area contributed by atoms with Gasteiger partial charge < -0.3 is 14.9 Å². The average Bonchev–Trinajstić information content (AvgIpc) is 2.26. The summed E-state index contributed by atoms with van der Waals surface area (Å²) < 4.78 is 0. The molecule has 0 aromatic heterocycles. The maximum Gasteiger partial charge on any atom is 0.323 e. The van der Waals surface area contributed by atoms with Gasteiger partial charge in [-0.25, -0.2) is 4.79 Å². The van der Waals surface area contributed by atoms with Gasteiger partial charge in [0.05, 0.1) is 0 Å². The first-order valence-corrected chi connectivity index (χ1v) is 6.66. The number of hydrogen-bond donors (Lipinski definition) is 1. The Balaban J connectivity index is 4.58. The van der Waals surface area contributed by atoms with Gasteiger partial charge in [-0.2, -0.15) is 11.8 Å². The van der Waals surface area contributed by atoms with E-state index in [4.69, 9.17) is 5.11 Å².